The van der Waals surface area contributed by atoms with Gasteiger partial charge in [-0.3, -0.25) is 9.89 Å². The minimum atomic E-state index is -0.211. The van der Waals surface area contributed by atoms with Crippen LogP contribution < -0.4 is 5.32 Å². The van der Waals surface area contributed by atoms with Crippen molar-refractivity contribution in [2.24, 2.45) is 0 Å². The number of nitrogens with zero attached hydrogens (tertiary/aromatic N) is 2. The molecule has 0 saturated carbocycles. The Morgan fingerprint density at radius 3 is 2.75 bits per heavy atom. The number of carbonyl (C=O) groups excluding carboxylic acids is 1. The van der Waals surface area contributed by atoms with E-state index in [1.165, 1.54) is 0 Å². The molecule has 0 atom stereocenters. The van der Waals surface area contributed by atoms with Crippen LogP contribution in [0.15, 0.2) is 48.7 Å². The summed E-state index contributed by atoms with van der Waals surface area (Å²) in [4.78, 5) is 12.1. The van der Waals surface area contributed by atoms with E-state index in [0.29, 0.717) is 16.8 Å². The summed E-state index contributed by atoms with van der Waals surface area (Å²) in [6.07, 6.45) is 1.70. The highest BCUT2D eigenvalue weighted by Crippen LogP contribution is 2.17. The number of H-pyrrole nitrogens is 1. The molecule has 5 nitrogen and oxygen atoms in total. The third-order valence-electron chi connectivity index (χ3n) is 2.97. The second-order valence-electron chi connectivity index (χ2n) is 4.32. The smallest absolute Gasteiger partial charge is 0.255 e. The minimum Gasteiger partial charge on any atom is -0.322 e. The Hall–Kier alpha value is -3.13. The first-order valence-electron chi connectivity index (χ1n) is 6.01. The molecule has 0 unspecified atom stereocenters. The van der Waals surface area contributed by atoms with E-state index in [1.54, 1.807) is 30.5 Å². The van der Waals surface area contributed by atoms with E-state index in [1.807, 2.05) is 24.3 Å². The topological polar surface area (TPSA) is 81.6 Å². The van der Waals surface area contributed by atoms with E-state index in [4.69, 9.17) is 5.26 Å². The summed E-state index contributed by atoms with van der Waals surface area (Å²) in [7, 11) is 0. The number of aromatic nitrogens is 2. The van der Waals surface area contributed by atoms with Crippen molar-refractivity contribution in [3.8, 4) is 6.07 Å². The predicted molar refractivity (Wildman–Crippen MR) is 75.2 cm³/mol. The van der Waals surface area contributed by atoms with Crippen LogP contribution in [0.3, 0.4) is 0 Å². The Kier molecular flexibility index (Phi) is 2.90. The first-order valence-corrected chi connectivity index (χ1v) is 6.01. The van der Waals surface area contributed by atoms with E-state index < -0.39 is 0 Å². The minimum absolute atomic E-state index is 0.211. The van der Waals surface area contributed by atoms with Crippen LogP contribution in [0.5, 0.6) is 0 Å². The second-order valence-corrected chi connectivity index (χ2v) is 4.32. The molecule has 2 N–H and O–H groups in total. The van der Waals surface area contributed by atoms with Crippen LogP contribution in [0.25, 0.3) is 10.9 Å². The second kappa shape index (κ2) is 4.86. The van der Waals surface area contributed by atoms with Crippen LogP contribution in [0.1, 0.15) is 15.9 Å². The van der Waals surface area contributed by atoms with Gasteiger partial charge in [0.05, 0.1) is 23.3 Å². The van der Waals surface area contributed by atoms with Gasteiger partial charge in [-0.2, -0.15) is 10.4 Å². The molecule has 96 valence electrons. The van der Waals surface area contributed by atoms with Crippen molar-refractivity contribution in [1.82, 2.24) is 10.2 Å². The van der Waals surface area contributed by atoms with E-state index in [0.717, 1.165) is 10.9 Å². The summed E-state index contributed by atoms with van der Waals surface area (Å²) in [6.45, 7) is 0. The Labute approximate surface area is 114 Å². The molecular weight excluding hydrogens is 252 g/mol. The number of hydrogen-bond donors (Lipinski definition) is 2. The van der Waals surface area contributed by atoms with Gasteiger partial charge in [0.15, 0.2) is 0 Å². The van der Waals surface area contributed by atoms with Crippen molar-refractivity contribution in [2.75, 3.05) is 5.32 Å². The maximum Gasteiger partial charge on any atom is 0.255 e. The lowest BCUT2D eigenvalue weighted by molar-refractivity contribution is 0.102. The third kappa shape index (κ3) is 2.22. The zero-order chi connectivity index (χ0) is 13.9. The molecule has 0 radical (unpaired) electrons. The lowest BCUT2D eigenvalue weighted by atomic mass is 10.1. The summed E-state index contributed by atoms with van der Waals surface area (Å²) in [6, 6.07) is 14.0. The quantitative estimate of drug-likeness (QED) is 0.745. The van der Waals surface area contributed by atoms with Crippen LogP contribution in [0, 0.1) is 11.3 Å². The van der Waals surface area contributed by atoms with Crippen molar-refractivity contribution >= 4 is 22.5 Å². The first kappa shape index (κ1) is 11.9. The van der Waals surface area contributed by atoms with Crippen molar-refractivity contribution in [3.05, 3.63) is 59.8 Å². The molecule has 1 heterocycles. The zero-order valence-corrected chi connectivity index (χ0v) is 10.4. The number of benzene rings is 2. The van der Waals surface area contributed by atoms with Crippen LogP contribution in [0.4, 0.5) is 5.69 Å². The van der Waals surface area contributed by atoms with E-state index in [9.17, 15) is 4.79 Å². The molecule has 3 aromatic rings. The fraction of sp³-hybridized carbons (Fsp3) is 0. The van der Waals surface area contributed by atoms with Gasteiger partial charge in [0.1, 0.15) is 0 Å². The molecule has 1 aromatic heterocycles. The Bertz CT molecular complexity index is 812. The number of fused-ring (bicyclic) bond motifs is 1. The summed E-state index contributed by atoms with van der Waals surface area (Å²) < 4.78 is 0. The number of nitrogens with one attached hydrogen (secondary N) is 2. The summed E-state index contributed by atoms with van der Waals surface area (Å²) >= 11 is 0. The fourth-order valence-electron chi connectivity index (χ4n) is 1.92. The highest BCUT2D eigenvalue weighted by molar-refractivity contribution is 6.05. The molecule has 0 aliphatic heterocycles. The van der Waals surface area contributed by atoms with Gasteiger partial charge in [-0.1, -0.05) is 0 Å². The average Bonchev–Trinajstić information content (AvgIpc) is 2.95. The van der Waals surface area contributed by atoms with Gasteiger partial charge in [-0.15, -0.1) is 0 Å². The number of hydrogen-bond acceptors (Lipinski definition) is 3. The number of rotatable bonds is 2. The van der Waals surface area contributed by atoms with E-state index in [-0.39, 0.29) is 5.91 Å². The van der Waals surface area contributed by atoms with Crippen LogP contribution in [-0.4, -0.2) is 16.1 Å². The van der Waals surface area contributed by atoms with Crippen LogP contribution in [0.2, 0.25) is 0 Å². The monoisotopic (exact) mass is 262 g/mol. The number of carbonyl (C=O) groups is 1. The van der Waals surface area contributed by atoms with E-state index in [2.05, 4.69) is 15.5 Å². The summed E-state index contributed by atoms with van der Waals surface area (Å²) in [5.41, 5.74) is 2.66. The van der Waals surface area contributed by atoms with Gasteiger partial charge < -0.3 is 5.32 Å². The van der Waals surface area contributed by atoms with Gasteiger partial charge >= 0.3 is 0 Å². The lowest BCUT2D eigenvalue weighted by Crippen LogP contribution is -2.11. The van der Waals surface area contributed by atoms with Gasteiger partial charge in [-0.25, -0.2) is 0 Å². The molecule has 20 heavy (non-hydrogen) atoms. The largest absolute Gasteiger partial charge is 0.322 e. The number of amides is 1. The maximum atomic E-state index is 12.1. The molecule has 0 spiro atoms. The highest BCUT2D eigenvalue weighted by Gasteiger charge is 2.06. The average molecular weight is 262 g/mol. The highest BCUT2D eigenvalue weighted by atomic mass is 16.1. The van der Waals surface area contributed by atoms with Gasteiger partial charge in [0, 0.05) is 16.6 Å². The van der Waals surface area contributed by atoms with Gasteiger partial charge in [0.25, 0.3) is 5.91 Å². The van der Waals surface area contributed by atoms with Crippen molar-refractivity contribution in [3.63, 3.8) is 0 Å². The molecule has 2 aromatic carbocycles. The Morgan fingerprint density at radius 2 is 2.00 bits per heavy atom. The van der Waals surface area contributed by atoms with Crippen LogP contribution in [-0.2, 0) is 0 Å². The molecule has 5 heteroatoms. The third-order valence-corrected chi connectivity index (χ3v) is 2.97. The zero-order valence-electron chi connectivity index (χ0n) is 10.4. The lowest BCUT2D eigenvalue weighted by Gasteiger charge is -2.05. The molecule has 0 saturated heterocycles. The molecule has 0 aliphatic carbocycles. The molecule has 0 aliphatic rings. The predicted octanol–water partition coefficient (Wildman–Crippen LogP) is 2.69. The summed E-state index contributed by atoms with van der Waals surface area (Å²) in [5, 5.41) is 19.3. The molecule has 1 amide bonds. The number of aromatic amines is 1. The Balaban J connectivity index is 1.82. The molecule has 0 bridgehead atoms. The Morgan fingerprint density at radius 1 is 1.20 bits per heavy atom. The SMILES string of the molecule is N#Cc1ccc(C(=O)Nc2ccc3[nH]ncc3c2)cc1. The van der Waals surface area contributed by atoms with Crippen LogP contribution >= 0.6 is 0 Å². The van der Waals surface area contributed by atoms with E-state index >= 15 is 0 Å². The fourth-order valence-corrected chi connectivity index (χ4v) is 1.92. The number of anilines is 1. The van der Waals surface area contributed by atoms with Gasteiger partial charge in [0.2, 0.25) is 0 Å². The standard InChI is InChI=1S/C15H10N4O/c16-8-10-1-3-11(4-2-10)15(20)18-13-5-6-14-12(7-13)9-17-19-14/h1-7,9H,(H,17,19)(H,18,20). The number of nitriles is 1. The van der Waals surface area contributed by atoms with Crippen molar-refractivity contribution in [2.45, 2.75) is 0 Å². The van der Waals surface area contributed by atoms with Crippen molar-refractivity contribution in [1.29, 1.82) is 5.26 Å². The molecule has 0 fully saturated rings. The molecular formula is C15H10N4O. The maximum absolute atomic E-state index is 12.1. The molecule has 3 rings (SSSR count). The van der Waals surface area contributed by atoms with Crippen molar-refractivity contribution < 1.29 is 4.79 Å². The first-order chi connectivity index (χ1) is 9.76. The normalized spacial score (nSPS) is 10.2. The summed E-state index contributed by atoms with van der Waals surface area (Å²) in [5.74, 6) is -0.211. The van der Waals surface area contributed by atoms with Gasteiger partial charge in [-0.05, 0) is 42.5 Å².